The first kappa shape index (κ1) is 18.7. The number of aryl methyl sites for hydroxylation is 2. The van der Waals surface area contributed by atoms with Crippen LogP contribution in [-0.4, -0.2) is 26.0 Å². The Morgan fingerprint density at radius 1 is 1.42 bits per heavy atom. The van der Waals surface area contributed by atoms with Gasteiger partial charge < -0.3 is 10.5 Å². The fourth-order valence-corrected chi connectivity index (χ4v) is 5.11. The molecule has 10 heteroatoms. The molecule has 0 bridgehead atoms. The van der Waals surface area contributed by atoms with Gasteiger partial charge in [-0.05, 0) is 54.4 Å². The van der Waals surface area contributed by atoms with E-state index in [2.05, 4.69) is 25.6 Å². The summed E-state index contributed by atoms with van der Waals surface area (Å²) in [4.78, 5) is 16.2. The zero-order valence-electron chi connectivity index (χ0n) is 13.2. The van der Waals surface area contributed by atoms with Crippen molar-refractivity contribution in [2.24, 2.45) is 0 Å². The molecule has 1 aromatic carbocycles. The van der Waals surface area contributed by atoms with E-state index in [0.717, 1.165) is 11.3 Å². The number of benzene rings is 1. The third kappa shape index (κ3) is 3.87. The Morgan fingerprint density at radius 2 is 2.08 bits per heavy atom. The topological polar surface area (TPSA) is 111 Å². The number of ether oxygens (including phenoxy) is 1. The van der Waals surface area contributed by atoms with Gasteiger partial charge in [0.2, 0.25) is 0 Å². The van der Waals surface area contributed by atoms with E-state index in [1.54, 1.807) is 20.8 Å². The smallest absolute Gasteiger partial charge is 0.350 e. The number of carbonyl (C=O) groups is 1. The highest BCUT2D eigenvalue weighted by Crippen LogP contribution is 2.30. The normalized spacial score (nSPS) is 11.3. The summed E-state index contributed by atoms with van der Waals surface area (Å²) in [6.45, 7) is 5.25. The Kier molecular flexibility index (Phi) is 5.51. The van der Waals surface area contributed by atoms with Gasteiger partial charge in [0.1, 0.15) is 9.77 Å². The van der Waals surface area contributed by atoms with Crippen molar-refractivity contribution in [1.82, 2.24) is 4.98 Å². The molecule has 0 radical (unpaired) electrons. The minimum absolute atomic E-state index is 0.0414. The van der Waals surface area contributed by atoms with E-state index in [-0.39, 0.29) is 21.5 Å². The highest BCUT2D eigenvalue weighted by Gasteiger charge is 2.23. The molecule has 1 aromatic heterocycles. The summed E-state index contributed by atoms with van der Waals surface area (Å²) >= 11 is 4.13. The number of nitrogen functional groups attached to an aromatic ring is 1. The summed E-state index contributed by atoms with van der Waals surface area (Å²) in [6.07, 6.45) is 0. The minimum Gasteiger partial charge on any atom is -0.462 e. The molecule has 7 nitrogen and oxygen atoms in total. The highest BCUT2D eigenvalue weighted by molar-refractivity contribution is 9.10. The third-order valence-electron chi connectivity index (χ3n) is 3.09. The molecular weight excluding hydrogens is 418 g/mol. The maximum atomic E-state index is 12.6. The first-order valence-electron chi connectivity index (χ1n) is 6.88. The van der Waals surface area contributed by atoms with Gasteiger partial charge in [-0.25, -0.2) is 18.2 Å². The molecule has 0 aliphatic carbocycles. The van der Waals surface area contributed by atoms with Crippen molar-refractivity contribution in [3.05, 3.63) is 32.7 Å². The number of nitrogens with zero attached hydrogens (tertiary/aromatic N) is 1. The molecule has 24 heavy (non-hydrogen) atoms. The number of aromatic nitrogens is 1. The number of esters is 1. The molecule has 3 N–H and O–H groups in total. The largest absolute Gasteiger partial charge is 0.462 e. The molecular formula is C14H16BrN3O4S2. The monoisotopic (exact) mass is 433 g/mol. The lowest BCUT2D eigenvalue weighted by atomic mass is 10.2. The number of halogens is 1. The van der Waals surface area contributed by atoms with Crippen LogP contribution in [0.15, 0.2) is 21.5 Å². The van der Waals surface area contributed by atoms with E-state index in [0.29, 0.717) is 21.4 Å². The van der Waals surface area contributed by atoms with E-state index < -0.39 is 16.0 Å². The SMILES string of the molecule is CCOC(=O)c1sc(NS(=O)(=O)c2cc(C)c(N)cc2Br)nc1C. The van der Waals surface area contributed by atoms with Crippen molar-refractivity contribution < 1.29 is 17.9 Å². The lowest BCUT2D eigenvalue weighted by molar-refractivity contribution is 0.0531. The van der Waals surface area contributed by atoms with Gasteiger partial charge in [0, 0.05) is 10.2 Å². The third-order valence-corrected chi connectivity index (χ3v) is 6.57. The van der Waals surface area contributed by atoms with Crippen molar-refractivity contribution in [1.29, 1.82) is 0 Å². The van der Waals surface area contributed by atoms with Gasteiger partial charge in [-0.2, -0.15) is 0 Å². The van der Waals surface area contributed by atoms with Gasteiger partial charge in [-0.1, -0.05) is 11.3 Å². The maximum Gasteiger partial charge on any atom is 0.350 e. The Balaban J connectivity index is 2.35. The molecule has 0 saturated heterocycles. The van der Waals surface area contributed by atoms with Gasteiger partial charge in [0.25, 0.3) is 10.0 Å². The fourth-order valence-electron chi connectivity index (χ4n) is 1.87. The molecule has 0 amide bonds. The first-order chi connectivity index (χ1) is 11.2. The number of hydrogen-bond donors (Lipinski definition) is 2. The van der Waals surface area contributed by atoms with Crippen molar-refractivity contribution in [3.63, 3.8) is 0 Å². The predicted molar refractivity (Wildman–Crippen MR) is 96.9 cm³/mol. The van der Waals surface area contributed by atoms with E-state index in [4.69, 9.17) is 10.5 Å². The zero-order valence-corrected chi connectivity index (χ0v) is 16.4. The second-order valence-corrected chi connectivity index (χ2v) is 8.40. The quantitative estimate of drug-likeness (QED) is 0.553. The van der Waals surface area contributed by atoms with Gasteiger partial charge in [0.15, 0.2) is 5.13 Å². The Bertz CT molecular complexity index is 894. The van der Waals surface area contributed by atoms with Gasteiger partial charge in [-0.3, -0.25) is 4.72 Å². The molecule has 0 unspecified atom stereocenters. The summed E-state index contributed by atoms with van der Waals surface area (Å²) in [7, 11) is -3.88. The van der Waals surface area contributed by atoms with Gasteiger partial charge >= 0.3 is 5.97 Å². The van der Waals surface area contributed by atoms with Crippen LogP contribution >= 0.6 is 27.3 Å². The summed E-state index contributed by atoms with van der Waals surface area (Å²) in [5.41, 5.74) is 7.29. The number of nitrogens with two attached hydrogens (primary N) is 1. The molecule has 2 aromatic rings. The average molecular weight is 434 g/mol. The summed E-state index contributed by atoms with van der Waals surface area (Å²) in [6, 6.07) is 3.00. The standard InChI is InChI=1S/C14H16BrN3O4S2/c1-4-22-13(19)12-8(3)17-14(23-12)18-24(20,21)11-5-7(2)10(16)6-9(11)15/h5-6H,4,16H2,1-3H3,(H,17,18). The predicted octanol–water partition coefficient (Wildman–Crippen LogP) is 3.08. The lowest BCUT2D eigenvalue weighted by Gasteiger charge is -2.10. The van der Waals surface area contributed by atoms with E-state index in [9.17, 15) is 13.2 Å². The summed E-state index contributed by atoms with van der Waals surface area (Å²) < 4.78 is 32.8. The van der Waals surface area contributed by atoms with Crippen LogP contribution in [-0.2, 0) is 14.8 Å². The van der Waals surface area contributed by atoms with Crippen LogP contribution in [0.25, 0.3) is 0 Å². The average Bonchev–Trinajstić information content (AvgIpc) is 2.82. The molecule has 0 fully saturated rings. The number of anilines is 2. The lowest BCUT2D eigenvalue weighted by Crippen LogP contribution is -2.14. The van der Waals surface area contributed by atoms with E-state index >= 15 is 0 Å². The molecule has 130 valence electrons. The molecule has 0 spiro atoms. The zero-order chi connectivity index (χ0) is 18.1. The van der Waals surface area contributed by atoms with Crippen molar-refractivity contribution >= 4 is 54.1 Å². The minimum atomic E-state index is -3.88. The van der Waals surface area contributed by atoms with Gasteiger partial charge in [-0.15, -0.1) is 0 Å². The Labute approximate surface area is 152 Å². The van der Waals surface area contributed by atoms with E-state index in [1.807, 2.05) is 0 Å². The number of thiazole rings is 1. The van der Waals surface area contributed by atoms with Crippen LogP contribution in [0.3, 0.4) is 0 Å². The fraction of sp³-hybridized carbons (Fsp3) is 0.286. The van der Waals surface area contributed by atoms with Crippen LogP contribution in [0.4, 0.5) is 10.8 Å². The Hall–Kier alpha value is -1.65. The van der Waals surface area contributed by atoms with E-state index in [1.165, 1.54) is 12.1 Å². The number of rotatable bonds is 5. The first-order valence-corrected chi connectivity index (χ1v) is 9.98. The number of hydrogen-bond acceptors (Lipinski definition) is 7. The Morgan fingerprint density at radius 3 is 2.71 bits per heavy atom. The molecule has 0 aliphatic rings. The summed E-state index contributed by atoms with van der Waals surface area (Å²) in [5, 5.41) is 0.0944. The number of carbonyl (C=O) groups excluding carboxylic acids is 1. The van der Waals surface area contributed by atoms with Crippen LogP contribution in [0, 0.1) is 13.8 Å². The highest BCUT2D eigenvalue weighted by atomic mass is 79.9. The second-order valence-electron chi connectivity index (χ2n) is 4.90. The number of sulfonamides is 1. The molecule has 0 aliphatic heterocycles. The molecule has 0 saturated carbocycles. The van der Waals surface area contributed by atoms with Crippen molar-refractivity contribution in [3.8, 4) is 0 Å². The second kappa shape index (κ2) is 7.08. The van der Waals surface area contributed by atoms with Crippen LogP contribution < -0.4 is 10.5 Å². The van der Waals surface area contributed by atoms with Crippen molar-refractivity contribution in [2.45, 2.75) is 25.7 Å². The van der Waals surface area contributed by atoms with Crippen LogP contribution in [0.1, 0.15) is 27.9 Å². The van der Waals surface area contributed by atoms with Crippen LogP contribution in [0.5, 0.6) is 0 Å². The number of nitrogens with one attached hydrogen (secondary N) is 1. The maximum absolute atomic E-state index is 12.6. The van der Waals surface area contributed by atoms with Crippen LogP contribution in [0.2, 0.25) is 0 Å². The van der Waals surface area contributed by atoms with Gasteiger partial charge in [0.05, 0.1) is 12.3 Å². The molecule has 0 atom stereocenters. The molecule has 1 heterocycles. The van der Waals surface area contributed by atoms with Crippen molar-refractivity contribution in [2.75, 3.05) is 17.1 Å². The summed E-state index contributed by atoms with van der Waals surface area (Å²) in [5.74, 6) is -0.526. The molecule has 2 rings (SSSR count).